The Kier molecular flexibility index (Phi) is 5.38. The van der Waals surface area contributed by atoms with E-state index in [9.17, 15) is 9.90 Å². The summed E-state index contributed by atoms with van der Waals surface area (Å²) in [5, 5.41) is 17.4. The van der Waals surface area contributed by atoms with Crippen LogP contribution in [0.25, 0.3) is 0 Å². The number of ether oxygens (including phenoxy) is 1. The number of hydrogen-bond donors (Lipinski definition) is 2. The molecule has 2 N–H and O–H groups in total. The minimum Gasteiger partial charge on any atom is -0.494 e. The predicted molar refractivity (Wildman–Crippen MR) is 94.7 cm³/mol. The molecule has 1 aliphatic heterocycles. The van der Waals surface area contributed by atoms with Gasteiger partial charge >= 0.3 is 0 Å². The third-order valence-electron chi connectivity index (χ3n) is 4.50. The van der Waals surface area contributed by atoms with Crippen LogP contribution < -0.4 is 4.74 Å². The quantitative estimate of drug-likeness (QED) is 0.843. The van der Waals surface area contributed by atoms with Crippen molar-refractivity contribution in [1.82, 2.24) is 15.1 Å². The monoisotopic (exact) mass is 343 g/mol. The number of H-pyrrole nitrogens is 1. The smallest absolute Gasteiger partial charge is 0.253 e. The highest BCUT2D eigenvalue weighted by Crippen LogP contribution is 2.23. The number of carbonyl (C=O) groups is 1. The minimum absolute atomic E-state index is 0.0128. The molecular formula is C19H25N3O3. The van der Waals surface area contributed by atoms with Crippen molar-refractivity contribution in [1.29, 1.82) is 0 Å². The van der Waals surface area contributed by atoms with Gasteiger partial charge in [0, 0.05) is 30.3 Å². The number of nitrogens with one attached hydrogen (secondary N) is 1. The molecule has 0 saturated carbocycles. The lowest BCUT2D eigenvalue weighted by Crippen LogP contribution is -2.29. The number of β-amino-alcohol motifs (C(OH)–C–C–N with tert-alkyl or cyclic N) is 1. The topological polar surface area (TPSA) is 78.5 Å². The van der Waals surface area contributed by atoms with Crippen molar-refractivity contribution in [2.24, 2.45) is 5.92 Å². The second-order valence-corrected chi connectivity index (χ2v) is 6.66. The highest BCUT2D eigenvalue weighted by molar-refractivity contribution is 5.94. The highest BCUT2D eigenvalue weighted by atomic mass is 16.5. The third kappa shape index (κ3) is 4.20. The van der Waals surface area contributed by atoms with Crippen LogP contribution in [0.3, 0.4) is 0 Å². The van der Waals surface area contributed by atoms with Crippen LogP contribution in [0.15, 0.2) is 30.3 Å². The van der Waals surface area contributed by atoms with Gasteiger partial charge in [0.05, 0.1) is 18.4 Å². The zero-order chi connectivity index (χ0) is 17.8. The zero-order valence-electron chi connectivity index (χ0n) is 14.7. The van der Waals surface area contributed by atoms with Gasteiger partial charge in [-0.25, -0.2) is 0 Å². The maximum atomic E-state index is 12.7. The van der Waals surface area contributed by atoms with Crippen LogP contribution in [0.2, 0.25) is 0 Å². The van der Waals surface area contributed by atoms with E-state index in [0.717, 1.165) is 23.6 Å². The molecule has 6 heteroatoms. The molecule has 2 heterocycles. The fourth-order valence-corrected chi connectivity index (χ4v) is 3.16. The van der Waals surface area contributed by atoms with Gasteiger partial charge in [0.2, 0.25) is 0 Å². The molecule has 1 saturated heterocycles. The molecule has 1 aliphatic rings. The molecule has 1 aromatic heterocycles. The molecule has 3 rings (SSSR count). The van der Waals surface area contributed by atoms with Crippen molar-refractivity contribution < 1.29 is 14.6 Å². The van der Waals surface area contributed by atoms with Crippen molar-refractivity contribution in [3.05, 3.63) is 47.3 Å². The number of aliphatic hydroxyl groups is 1. The van der Waals surface area contributed by atoms with Gasteiger partial charge in [-0.05, 0) is 50.1 Å². The van der Waals surface area contributed by atoms with Gasteiger partial charge in [0.25, 0.3) is 5.91 Å². The van der Waals surface area contributed by atoms with E-state index in [2.05, 4.69) is 17.1 Å². The van der Waals surface area contributed by atoms with Crippen molar-refractivity contribution in [2.45, 2.75) is 32.8 Å². The molecular weight excluding hydrogens is 318 g/mol. The first-order valence-corrected chi connectivity index (χ1v) is 8.78. The van der Waals surface area contributed by atoms with Crippen LogP contribution in [0.1, 0.15) is 35.1 Å². The lowest BCUT2D eigenvalue weighted by atomic mass is 10.0. The molecule has 2 aromatic rings. The van der Waals surface area contributed by atoms with Crippen molar-refractivity contribution in [2.75, 3.05) is 19.7 Å². The van der Waals surface area contributed by atoms with Crippen LogP contribution in [-0.2, 0) is 6.42 Å². The van der Waals surface area contributed by atoms with Crippen LogP contribution >= 0.6 is 0 Å². The molecule has 2 atom stereocenters. The van der Waals surface area contributed by atoms with E-state index in [1.165, 1.54) is 0 Å². The number of rotatable bonds is 6. The maximum absolute atomic E-state index is 12.7. The summed E-state index contributed by atoms with van der Waals surface area (Å²) in [5.41, 5.74) is 2.54. The average molecular weight is 343 g/mol. The lowest BCUT2D eigenvalue weighted by molar-refractivity contribution is 0.0764. The van der Waals surface area contributed by atoms with Crippen molar-refractivity contribution in [3.63, 3.8) is 0 Å². The second-order valence-electron chi connectivity index (χ2n) is 6.66. The van der Waals surface area contributed by atoms with Crippen molar-refractivity contribution >= 4 is 5.91 Å². The Bertz CT molecular complexity index is 711. The number of benzene rings is 1. The number of aryl methyl sites for hydroxylation is 1. The summed E-state index contributed by atoms with van der Waals surface area (Å²) in [5.74, 6) is 0.729. The van der Waals surface area contributed by atoms with Gasteiger partial charge < -0.3 is 14.7 Å². The van der Waals surface area contributed by atoms with Gasteiger partial charge in [0.1, 0.15) is 5.75 Å². The summed E-state index contributed by atoms with van der Waals surface area (Å²) >= 11 is 0. The predicted octanol–water partition coefficient (Wildman–Crippen LogP) is 2.18. The number of aromatic nitrogens is 2. The third-order valence-corrected chi connectivity index (χ3v) is 4.50. The van der Waals surface area contributed by atoms with Gasteiger partial charge in [-0.15, -0.1) is 0 Å². The molecule has 25 heavy (non-hydrogen) atoms. The van der Waals surface area contributed by atoms with E-state index in [-0.39, 0.29) is 11.8 Å². The van der Waals surface area contributed by atoms with Crippen LogP contribution in [0, 0.1) is 12.8 Å². The SMILES string of the molecule is CCCOc1ccc(C(=O)N2C[C@@H](Cc3cc(C)[nH]n3)[C@@H](O)C2)cc1. The molecule has 0 aliphatic carbocycles. The summed E-state index contributed by atoms with van der Waals surface area (Å²) in [7, 11) is 0. The molecule has 0 unspecified atom stereocenters. The van der Waals surface area contributed by atoms with Crippen LogP contribution in [-0.4, -0.2) is 51.9 Å². The summed E-state index contributed by atoms with van der Waals surface area (Å²) < 4.78 is 5.54. The zero-order valence-corrected chi connectivity index (χ0v) is 14.7. The number of hydrogen-bond acceptors (Lipinski definition) is 4. The van der Waals surface area contributed by atoms with E-state index >= 15 is 0 Å². The molecule has 1 amide bonds. The standard InChI is InChI=1S/C19H25N3O3/c1-3-8-25-17-6-4-14(5-7-17)19(24)22-11-15(18(23)12-22)10-16-9-13(2)20-21-16/h4-7,9,15,18,23H,3,8,10-12H2,1-2H3,(H,20,21)/t15-,18+/m1/s1. The normalized spacial score (nSPS) is 20.0. The molecule has 6 nitrogen and oxygen atoms in total. The molecule has 0 spiro atoms. The number of aromatic amines is 1. The van der Waals surface area contributed by atoms with Crippen molar-refractivity contribution in [3.8, 4) is 5.75 Å². The largest absolute Gasteiger partial charge is 0.494 e. The Morgan fingerprint density at radius 1 is 1.36 bits per heavy atom. The molecule has 1 fully saturated rings. The van der Waals surface area contributed by atoms with Gasteiger partial charge in [0.15, 0.2) is 0 Å². The summed E-state index contributed by atoms with van der Waals surface area (Å²) in [6.45, 7) is 5.57. The first kappa shape index (κ1) is 17.5. The van der Waals surface area contributed by atoms with E-state index in [1.54, 1.807) is 17.0 Å². The molecule has 1 aromatic carbocycles. The Balaban J connectivity index is 1.61. The van der Waals surface area contributed by atoms with Gasteiger partial charge in [-0.1, -0.05) is 6.92 Å². The fourth-order valence-electron chi connectivity index (χ4n) is 3.16. The Morgan fingerprint density at radius 3 is 2.76 bits per heavy atom. The summed E-state index contributed by atoms with van der Waals surface area (Å²) in [4.78, 5) is 14.4. The fraction of sp³-hybridized carbons (Fsp3) is 0.474. The van der Waals surface area contributed by atoms with E-state index < -0.39 is 6.10 Å². The maximum Gasteiger partial charge on any atom is 0.253 e. The molecule has 134 valence electrons. The molecule has 0 radical (unpaired) electrons. The van der Waals surface area contributed by atoms with Gasteiger partial charge in [-0.3, -0.25) is 9.89 Å². The van der Waals surface area contributed by atoms with E-state index in [1.807, 2.05) is 25.1 Å². The number of carbonyl (C=O) groups excluding carboxylic acids is 1. The van der Waals surface area contributed by atoms with E-state index in [4.69, 9.17) is 4.74 Å². The average Bonchev–Trinajstić information content (AvgIpc) is 3.19. The first-order chi connectivity index (χ1) is 12.1. The number of aliphatic hydroxyl groups excluding tert-OH is 1. The van der Waals surface area contributed by atoms with Gasteiger partial charge in [-0.2, -0.15) is 5.10 Å². The summed E-state index contributed by atoms with van der Waals surface area (Å²) in [6.07, 6.45) is 1.09. The van der Waals surface area contributed by atoms with E-state index in [0.29, 0.717) is 31.7 Å². The van der Waals surface area contributed by atoms with Crippen LogP contribution in [0.5, 0.6) is 5.75 Å². The Morgan fingerprint density at radius 2 is 2.12 bits per heavy atom. The Hall–Kier alpha value is -2.34. The first-order valence-electron chi connectivity index (χ1n) is 8.78. The lowest BCUT2D eigenvalue weighted by Gasteiger charge is -2.16. The summed E-state index contributed by atoms with van der Waals surface area (Å²) in [6, 6.07) is 9.18. The second kappa shape index (κ2) is 7.70. The van der Waals surface area contributed by atoms with Crippen LogP contribution in [0.4, 0.5) is 0 Å². The Labute approximate surface area is 147 Å². The minimum atomic E-state index is -0.520. The number of amides is 1. The molecule has 0 bridgehead atoms. The number of likely N-dealkylation sites (tertiary alicyclic amines) is 1. The number of nitrogens with zero attached hydrogens (tertiary/aromatic N) is 2. The highest BCUT2D eigenvalue weighted by Gasteiger charge is 2.34.